The van der Waals surface area contributed by atoms with Crippen LogP contribution >= 0.6 is 15.9 Å². The van der Waals surface area contributed by atoms with E-state index in [4.69, 9.17) is 4.74 Å². The Morgan fingerprint density at radius 1 is 1.32 bits per heavy atom. The lowest BCUT2D eigenvalue weighted by atomic mass is 10.2. The van der Waals surface area contributed by atoms with Gasteiger partial charge < -0.3 is 4.74 Å². The van der Waals surface area contributed by atoms with Crippen molar-refractivity contribution in [1.82, 2.24) is 14.8 Å². The minimum atomic E-state index is -0.315. The highest BCUT2D eigenvalue weighted by Gasteiger charge is 2.16. The molecule has 3 aromatic rings. The predicted molar refractivity (Wildman–Crippen MR) is 100 cm³/mol. The van der Waals surface area contributed by atoms with Crippen LogP contribution in [0.2, 0.25) is 0 Å². The van der Waals surface area contributed by atoms with Gasteiger partial charge in [-0.3, -0.25) is 9.20 Å². The van der Waals surface area contributed by atoms with Gasteiger partial charge in [0.1, 0.15) is 17.1 Å². The number of halogens is 1. The van der Waals surface area contributed by atoms with Gasteiger partial charge in [-0.2, -0.15) is 5.10 Å². The summed E-state index contributed by atoms with van der Waals surface area (Å²) in [6.07, 6.45) is 3.39. The first kappa shape index (κ1) is 17.2. The summed E-state index contributed by atoms with van der Waals surface area (Å²) in [4.78, 5) is 16.8. The third kappa shape index (κ3) is 3.88. The number of ether oxygens (including phenoxy) is 1. The topological polar surface area (TPSA) is 68.0 Å². The van der Waals surface area contributed by atoms with E-state index in [1.54, 1.807) is 23.7 Å². The van der Waals surface area contributed by atoms with E-state index in [9.17, 15) is 4.79 Å². The van der Waals surface area contributed by atoms with Crippen LogP contribution in [0.3, 0.4) is 0 Å². The molecule has 0 fully saturated rings. The van der Waals surface area contributed by atoms with Crippen LogP contribution in [0, 0.1) is 6.92 Å². The Balaban J connectivity index is 1.74. The summed E-state index contributed by atoms with van der Waals surface area (Å²) in [7, 11) is 0. The lowest BCUT2D eigenvalue weighted by molar-refractivity contribution is 0.0948. The number of amides is 1. The fourth-order valence-electron chi connectivity index (χ4n) is 2.45. The molecule has 6 nitrogen and oxygen atoms in total. The number of hydrogen-bond acceptors (Lipinski definition) is 4. The zero-order chi connectivity index (χ0) is 17.8. The van der Waals surface area contributed by atoms with Gasteiger partial charge in [0, 0.05) is 10.7 Å². The second-order valence-electron chi connectivity index (χ2n) is 5.32. The minimum Gasteiger partial charge on any atom is -0.494 e. The van der Waals surface area contributed by atoms with Gasteiger partial charge in [-0.15, -0.1) is 0 Å². The molecule has 1 amide bonds. The summed E-state index contributed by atoms with van der Waals surface area (Å²) in [6, 6.07) is 11.2. The van der Waals surface area contributed by atoms with E-state index in [1.165, 1.54) is 0 Å². The molecule has 0 unspecified atom stereocenters. The first-order valence-corrected chi connectivity index (χ1v) is 8.58. The Morgan fingerprint density at radius 3 is 2.80 bits per heavy atom. The van der Waals surface area contributed by atoms with Crippen molar-refractivity contribution in [2.45, 2.75) is 13.8 Å². The number of pyridine rings is 1. The fourth-order valence-corrected chi connectivity index (χ4v) is 2.78. The molecule has 0 aliphatic heterocycles. The maximum absolute atomic E-state index is 12.5. The van der Waals surface area contributed by atoms with Crippen LogP contribution in [-0.4, -0.2) is 28.1 Å². The van der Waals surface area contributed by atoms with E-state index in [1.807, 2.05) is 43.3 Å². The number of hydrazone groups is 1. The molecule has 0 atom stereocenters. The molecular formula is C18H17BrN4O2. The quantitative estimate of drug-likeness (QED) is 0.525. The van der Waals surface area contributed by atoms with Crippen LogP contribution < -0.4 is 10.2 Å². The van der Waals surface area contributed by atoms with Crippen molar-refractivity contribution >= 4 is 33.7 Å². The van der Waals surface area contributed by atoms with Crippen molar-refractivity contribution in [3.05, 3.63) is 64.0 Å². The number of rotatable bonds is 5. The summed E-state index contributed by atoms with van der Waals surface area (Å²) in [6.45, 7) is 4.36. The highest BCUT2D eigenvalue weighted by atomic mass is 79.9. The molecule has 0 aliphatic carbocycles. The van der Waals surface area contributed by atoms with E-state index >= 15 is 0 Å². The number of carbonyl (C=O) groups excluding carboxylic acids is 1. The van der Waals surface area contributed by atoms with Crippen LogP contribution in [0.5, 0.6) is 5.75 Å². The monoisotopic (exact) mass is 400 g/mol. The molecule has 1 aromatic carbocycles. The fraction of sp³-hybridized carbons (Fsp3) is 0.167. The molecule has 0 aliphatic rings. The molecule has 128 valence electrons. The first-order chi connectivity index (χ1) is 12.1. The van der Waals surface area contributed by atoms with Crippen LogP contribution in [0.4, 0.5) is 0 Å². The average molecular weight is 401 g/mol. The van der Waals surface area contributed by atoms with E-state index < -0.39 is 0 Å². The lowest BCUT2D eigenvalue weighted by Crippen LogP contribution is -2.20. The van der Waals surface area contributed by atoms with Crippen molar-refractivity contribution < 1.29 is 9.53 Å². The maximum Gasteiger partial charge on any atom is 0.290 e. The van der Waals surface area contributed by atoms with Gasteiger partial charge in [0.15, 0.2) is 0 Å². The van der Waals surface area contributed by atoms with E-state index in [2.05, 4.69) is 31.4 Å². The summed E-state index contributed by atoms with van der Waals surface area (Å²) in [5, 5.41) is 4.03. The number of imidazole rings is 1. The third-order valence-corrected chi connectivity index (χ3v) is 4.01. The zero-order valence-corrected chi connectivity index (χ0v) is 15.4. The van der Waals surface area contributed by atoms with Crippen molar-refractivity contribution in [2.24, 2.45) is 5.10 Å². The molecule has 0 bridgehead atoms. The summed E-state index contributed by atoms with van der Waals surface area (Å²) in [5.41, 5.74) is 5.22. The Bertz CT molecular complexity index is 932. The molecule has 7 heteroatoms. The van der Waals surface area contributed by atoms with Gasteiger partial charge in [0.2, 0.25) is 0 Å². The number of hydrogen-bond donors (Lipinski definition) is 1. The smallest absolute Gasteiger partial charge is 0.290 e. The molecule has 0 saturated heterocycles. The second kappa shape index (κ2) is 7.48. The van der Waals surface area contributed by atoms with Gasteiger partial charge in [-0.1, -0.05) is 0 Å². The van der Waals surface area contributed by atoms with Gasteiger partial charge in [-0.05, 0) is 71.7 Å². The standard InChI is InChI=1S/C18H17BrN4O2/c1-3-25-15-7-4-13(5-8-15)10-20-22-18(24)17-12(2)21-16-9-6-14(19)11-23(16)17/h4-11H,3H2,1-2H3,(H,22,24)/b20-10-. The number of nitrogens with one attached hydrogen (secondary N) is 1. The van der Waals surface area contributed by atoms with Crippen LogP contribution in [0.25, 0.3) is 5.65 Å². The molecule has 3 rings (SSSR count). The molecule has 0 spiro atoms. The number of nitrogens with zero attached hydrogens (tertiary/aromatic N) is 3. The van der Waals surface area contributed by atoms with Crippen LogP contribution in [-0.2, 0) is 0 Å². The van der Waals surface area contributed by atoms with Crippen molar-refractivity contribution in [1.29, 1.82) is 0 Å². The van der Waals surface area contributed by atoms with Gasteiger partial charge in [0.25, 0.3) is 5.91 Å². The van der Waals surface area contributed by atoms with Gasteiger partial charge in [-0.25, -0.2) is 10.4 Å². The maximum atomic E-state index is 12.5. The summed E-state index contributed by atoms with van der Waals surface area (Å²) < 4.78 is 7.99. The SMILES string of the molecule is CCOc1ccc(/C=N\NC(=O)c2c(C)nc3ccc(Br)cn23)cc1. The third-order valence-electron chi connectivity index (χ3n) is 3.54. The van der Waals surface area contributed by atoms with Crippen LogP contribution in [0.15, 0.2) is 52.2 Å². The zero-order valence-electron chi connectivity index (χ0n) is 13.9. The Morgan fingerprint density at radius 2 is 2.08 bits per heavy atom. The van der Waals surface area contributed by atoms with Crippen LogP contribution in [0.1, 0.15) is 28.7 Å². The van der Waals surface area contributed by atoms with Crippen molar-refractivity contribution in [3.8, 4) is 5.75 Å². The average Bonchev–Trinajstić information content (AvgIpc) is 2.91. The van der Waals surface area contributed by atoms with Gasteiger partial charge >= 0.3 is 0 Å². The summed E-state index contributed by atoms with van der Waals surface area (Å²) in [5.74, 6) is 0.487. The molecule has 2 heterocycles. The molecule has 1 N–H and O–H groups in total. The molecule has 0 saturated carbocycles. The van der Waals surface area contributed by atoms with Crippen molar-refractivity contribution in [2.75, 3.05) is 6.61 Å². The molecule has 2 aromatic heterocycles. The molecule has 0 radical (unpaired) electrons. The van der Waals surface area contributed by atoms with E-state index in [0.29, 0.717) is 23.6 Å². The lowest BCUT2D eigenvalue weighted by Gasteiger charge is -2.03. The van der Waals surface area contributed by atoms with Crippen molar-refractivity contribution in [3.63, 3.8) is 0 Å². The van der Waals surface area contributed by atoms with Gasteiger partial charge in [0.05, 0.1) is 18.5 Å². The predicted octanol–water partition coefficient (Wildman–Crippen LogP) is 3.57. The Kier molecular flexibility index (Phi) is 5.14. The number of aryl methyl sites for hydroxylation is 1. The van der Waals surface area contributed by atoms with E-state index in [-0.39, 0.29) is 5.91 Å². The Labute approximate surface area is 153 Å². The number of benzene rings is 1. The number of aromatic nitrogens is 2. The normalized spacial score (nSPS) is 11.2. The molecule has 25 heavy (non-hydrogen) atoms. The van der Waals surface area contributed by atoms with E-state index in [0.717, 1.165) is 15.8 Å². The highest BCUT2D eigenvalue weighted by Crippen LogP contribution is 2.16. The molecular weight excluding hydrogens is 384 g/mol. The second-order valence-corrected chi connectivity index (χ2v) is 6.24. The first-order valence-electron chi connectivity index (χ1n) is 7.79. The largest absolute Gasteiger partial charge is 0.494 e. The summed E-state index contributed by atoms with van der Waals surface area (Å²) >= 11 is 3.40. The highest BCUT2D eigenvalue weighted by molar-refractivity contribution is 9.10. The Hall–Kier alpha value is -2.67. The number of fused-ring (bicyclic) bond motifs is 1. The minimum absolute atomic E-state index is 0.315. The number of carbonyl (C=O) groups is 1.